The van der Waals surface area contributed by atoms with Crippen LogP contribution < -0.4 is 10.6 Å². The molecule has 7 nitrogen and oxygen atoms in total. The normalized spacial score (nSPS) is 25.0. The molecular weight excluding hydrogens is 330 g/mol. The molecule has 7 heteroatoms. The number of morpholine rings is 1. The highest BCUT2D eigenvalue weighted by molar-refractivity contribution is 5.76. The first-order valence-corrected chi connectivity index (χ1v) is 10.2. The van der Waals surface area contributed by atoms with E-state index in [2.05, 4.69) is 31.4 Å². The van der Waals surface area contributed by atoms with E-state index in [1.165, 1.54) is 37.8 Å². The SMILES string of the molecule is O=C(CC1COCCN1)NCc1cc2n(n1)CCN(C1CCCCC1)C2. The van der Waals surface area contributed by atoms with Crippen molar-refractivity contribution in [2.45, 2.75) is 70.2 Å². The van der Waals surface area contributed by atoms with Crippen LogP contribution in [0.5, 0.6) is 0 Å². The van der Waals surface area contributed by atoms with Gasteiger partial charge in [0.1, 0.15) is 0 Å². The predicted molar refractivity (Wildman–Crippen MR) is 98.6 cm³/mol. The van der Waals surface area contributed by atoms with Gasteiger partial charge in [0.25, 0.3) is 0 Å². The Kier molecular flexibility index (Phi) is 5.87. The molecule has 0 radical (unpaired) electrons. The van der Waals surface area contributed by atoms with E-state index < -0.39 is 0 Å². The van der Waals surface area contributed by atoms with E-state index in [1.54, 1.807) is 0 Å². The molecule has 4 rings (SSSR count). The molecule has 1 aromatic heterocycles. The molecule has 1 atom stereocenters. The second kappa shape index (κ2) is 8.50. The second-order valence-corrected chi connectivity index (χ2v) is 7.82. The van der Waals surface area contributed by atoms with Crippen LogP contribution in [0.25, 0.3) is 0 Å². The third-order valence-electron chi connectivity index (χ3n) is 5.87. The molecule has 1 aliphatic carbocycles. The minimum atomic E-state index is 0.0582. The van der Waals surface area contributed by atoms with Crippen molar-refractivity contribution in [3.05, 3.63) is 17.5 Å². The summed E-state index contributed by atoms with van der Waals surface area (Å²) in [6.45, 7) is 5.73. The Morgan fingerprint density at radius 1 is 1.31 bits per heavy atom. The molecule has 3 heterocycles. The van der Waals surface area contributed by atoms with E-state index in [0.29, 0.717) is 19.6 Å². The van der Waals surface area contributed by atoms with Crippen molar-refractivity contribution in [3.63, 3.8) is 0 Å². The van der Waals surface area contributed by atoms with Gasteiger partial charge >= 0.3 is 0 Å². The second-order valence-electron chi connectivity index (χ2n) is 7.82. The predicted octanol–water partition coefficient (Wildman–Crippen LogP) is 1.03. The lowest BCUT2D eigenvalue weighted by atomic mass is 9.94. The standard InChI is InChI=1S/C19H31N5O2/c25-19(11-16-14-26-9-6-20-16)21-12-15-10-18-13-23(7-8-24(18)22-15)17-4-2-1-3-5-17/h10,16-17,20H,1-9,11-14H2,(H,21,25). The van der Waals surface area contributed by atoms with E-state index in [9.17, 15) is 4.79 Å². The highest BCUT2D eigenvalue weighted by Crippen LogP contribution is 2.26. The van der Waals surface area contributed by atoms with Gasteiger partial charge in [-0.05, 0) is 18.9 Å². The van der Waals surface area contributed by atoms with Crippen LogP contribution in [0.3, 0.4) is 0 Å². The Labute approximate surface area is 155 Å². The summed E-state index contributed by atoms with van der Waals surface area (Å²) >= 11 is 0. The lowest BCUT2D eigenvalue weighted by Crippen LogP contribution is -2.44. The van der Waals surface area contributed by atoms with Crippen molar-refractivity contribution >= 4 is 5.91 Å². The van der Waals surface area contributed by atoms with Crippen molar-refractivity contribution in [1.29, 1.82) is 0 Å². The average molecular weight is 361 g/mol. The third kappa shape index (κ3) is 4.45. The van der Waals surface area contributed by atoms with Crippen LogP contribution in [-0.4, -0.2) is 59.0 Å². The topological polar surface area (TPSA) is 71.4 Å². The first-order chi connectivity index (χ1) is 12.8. The number of fused-ring (bicyclic) bond motifs is 1. The fourth-order valence-electron chi connectivity index (χ4n) is 4.43. The summed E-state index contributed by atoms with van der Waals surface area (Å²) in [4.78, 5) is 14.8. The van der Waals surface area contributed by atoms with Gasteiger partial charge < -0.3 is 15.4 Å². The van der Waals surface area contributed by atoms with Crippen molar-refractivity contribution < 1.29 is 9.53 Å². The number of ether oxygens (including phenoxy) is 1. The Bertz CT molecular complexity index is 605. The van der Waals surface area contributed by atoms with Gasteiger partial charge in [0.15, 0.2) is 0 Å². The number of nitrogens with zero attached hydrogens (tertiary/aromatic N) is 3. The maximum absolute atomic E-state index is 12.1. The maximum Gasteiger partial charge on any atom is 0.221 e. The van der Waals surface area contributed by atoms with Crippen molar-refractivity contribution in [2.75, 3.05) is 26.3 Å². The number of rotatable bonds is 5. The largest absolute Gasteiger partial charge is 0.378 e. The minimum absolute atomic E-state index is 0.0582. The number of hydrogen-bond donors (Lipinski definition) is 2. The molecule has 1 aromatic rings. The smallest absolute Gasteiger partial charge is 0.221 e. The van der Waals surface area contributed by atoms with Crippen molar-refractivity contribution in [2.24, 2.45) is 0 Å². The van der Waals surface area contributed by atoms with Crippen LogP contribution >= 0.6 is 0 Å². The number of carbonyl (C=O) groups excluding carboxylic acids is 1. The zero-order chi connectivity index (χ0) is 17.8. The highest BCUT2D eigenvalue weighted by atomic mass is 16.5. The summed E-state index contributed by atoms with van der Waals surface area (Å²) in [7, 11) is 0. The van der Waals surface area contributed by atoms with Gasteiger partial charge in [-0.1, -0.05) is 19.3 Å². The van der Waals surface area contributed by atoms with Gasteiger partial charge in [-0.25, -0.2) is 0 Å². The summed E-state index contributed by atoms with van der Waals surface area (Å²) in [6.07, 6.45) is 7.29. The van der Waals surface area contributed by atoms with Gasteiger partial charge in [-0.2, -0.15) is 5.10 Å². The molecule has 26 heavy (non-hydrogen) atoms. The molecule has 1 saturated heterocycles. The Morgan fingerprint density at radius 3 is 3.00 bits per heavy atom. The van der Waals surface area contributed by atoms with E-state index >= 15 is 0 Å². The fraction of sp³-hybridized carbons (Fsp3) is 0.789. The van der Waals surface area contributed by atoms with E-state index in [4.69, 9.17) is 4.74 Å². The van der Waals surface area contributed by atoms with Crippen LogP contribution in [-0.2, 0) is 29.2 Å². The van der Waals surface area contributed by atoms with E-state index in [1.807, 2.05) is 0 Å². The lowest BCUT2D eigenvalue weighted by Gasteiger charge is -2.36. The Hall–Kier alpha value is -1.44. The molecule has 144 valence electrons. The molecule has 2 N–H and O–H groups in total. The Morgan fingerprint density at radius 2 is 2.19 bits per heavy atom. The molecular formula is C19H31N5O2. The fourth-order valence-corrected chi connectivity index (χ4v) is 4.43. The lowest BCUT2D eigenvalue weighted by molar-refractivity contribution is -0.122. The number of nitrogens with one attached hydrogen (secondary N) is 2. The zero-order valence-electron chi connectivity index (χ0n) is 15.6. The third-order valence-corrected chi connectivity index (χ3v) is 5.87. The molecule has 0 aromatic carbocycles. The average Bonchev–Trinajstić information content (AvgIpc) is 3.10. The minimum Gasteiger partial charge on any atom is -0.378 e. The maximum atomic E-state index is 12.1. The summed E-state index contributed by atoms with van der Waals surface area (Å²) in [6, 6.07) is 3.04. The molecule has 1 saturated carbocycles. The number of aromatic nitrogens is 2. The summed E-state index contributed by atoms with van der Waals surface area (Å²) in [5, 5.41) is 11.0. The molecule has 1 unspecified atom stereocenters. The first-order valence-electron chi connectivity index (χ1n) is 10.2. The van der Waals surface area contributed by atoms with Gasteiger partial charge in [0.05, 0.1) is 37.7 Å². The number of hydrogen-bond acceptors (Lipinski definition) is 5. The Balaban J connectivity index is 1.27. The van der Waals surface area contributed by atoms with Crippen LogP contribution in [0.2, 0.25) is 0 Å². The van der Waals surface area contributed by atoms with Crippen LogP contribution in [0.15, 0.2) is 6.07 Å². The molecule has 2 aliphatic heterocycles. The van der Waals surface area contributed by atoms with Gasteiger partial charge in [-0.15, -0.1) is 0 Å². The summed E-state index contributed by atoms with van der Waals surface area (Å²) in [5.41, 5.74) is 2.25. The van der Waals surface area contributed by atoms with E-state index in [0.717, 1.165) is 44.5 Å². The van der Waals surface area contributed by atoms with E-state index in [-0.39, 0.29) is 11.9 Å². The first kappa shape index (κ1) is 17.9. The van der Waals surface area contributed by atoms with Gasteiger partial charge in [-0.3, -0.25) is 14.4 Å². The van der Waals surface area contributed by atoms with Crippen molar-refractivity contribution in [1.82, 2.24) is 25.3 Å². The summed E-state index contributed by atoms with van der Waals surface area (Å²) in [5.74, 6) is 0.0582. The summed E-state index contributed by atoms with van der Waals surface area (Å²) < 4.78 is 7.52. The van der Waals surface area contributed by atoms with Crippen LogP contribution in [0.4, 0.5) is 0 Å². The highest BCUT2D eigenvalue weighted by Gasteiger charge is 2.26. The quantitative estimate of drug-likeness (QED) is 0.820. The monoisotopic (exact) mass is 361 g/mol. The number of carbonyl (C=O) groups is 1. The molecule has 0 spiro atoms. The van der Waals surface area contributed by atoms with Crippen molar-refractivity contribution in [3.8, 4) is 0 Å². The zero-order valence-corrected chi connectivity index (χ0v) is 15.6. The molecule has 0 bridgehead atoms. The molecule has 3 aliphatic rings. The van der Waals surface area contributed by atoms with Gasteiger partial charge in [0.2, 0.25) is 5.91 Å². The van der Waals surface area contributed by atoms with Crippen LogP contribution in [0, 0.1) is 0 Å². The van der Waals surface area contributed by atoms with Crippen LogP contribution in [0.1, 0.15) is 49.9 Å². The molecule has 2 fully saturated rings. The number of amides is 1. The molecule has 1 amide bonds. The van der Waals surface area contributed by atoms with Gasteiger partial charge in [0, 0.05) is 38.1 Å².